The topological polar surface area (TPSA) is 58.8 Å². The molecular formula is C13H27N3O2. The Kier molecular flexibility index (Phi) is 6.05. The Bertz CT molecular complexity index is 263. The van der Waals surface area contributed by atoms with Gasteiger partial charge >= 0.3 is 0 Å². The minimum Gasteiger partial charge on any atom is -0.381 e. The summed E-state index contributed by atoms with van der Waals surface area (Å²) in [5.41, 5.74) is 5.53. The molecule has 18 heavy (non-hydrogen) atoms. The van der Waals surface area contributed by atoms with Gasteiger partial charge in [0, 0.05) is 26.3 Å². The highest BCUT2D eigenvalue weighted by Gasteiger charge is 2.38. The van der Waals surface area contributed by atoms with Crippen LogP contribution in [0.25, 0.3) is 0 Å². The normalized spacial score (nSPS) is 18.9. The molecule has 1 rings (SSSR count). The maximum absolute atomic E-state index is 12.5. The molecule has 1 fully saturated rings. The molecular weight excluding hydrogens is 230 g/mol. The van der Waals surface area contributed by atoms with Crippen LogP contribution >= 0.6 is 0 Å². The van der Waals surface area contributed by atoms with Crippen molar-refractivity contribution in [2.75, 3.05) is 46.9 Å². The summed E-state index contributed by atoms with van der Waals surface area (Å²) in [4.78, 5) is 16.5. The van der Waals surface area contributed by atoms with Gasteiger partial charge in [-0.3, -0.25) is 4.79 Å². The van der Waals surface area contributed by atoms with Gasteiger partial charge in [0.05, 0.1) is 5.54 Å². The first-order valence-electron chi connectivity index (χ1n) is 6.80. The van der Waals surface area contributed by atoms with Gasteiger partial charge < -0.3 is 20.3 Å². The van der Waals surface area contributed by atoms with Crippen molar-refractivity contribution in [3.8, 4) is 0 Å². The van der Waals surface area contributed by atoms with Crippen LogP contribution in [0, 0.1) is 0 Å². The summed E-state index contributed by atoms with van der Waals surface area (Å²) >= 11 is 0. The Morgan fingerprint density at radius 3 is 2.39 bits per heavy atom. The largest absolute Gasteiger partial charge is 0.381 e. The number of hydrogen-bond donors (Lipinski definition) is 1. The van der Waals surface area contributed by atoms with Gasteiger partial charge in [0.25, 0.3) is 0 Å². The predicted octanol–water partition coefficient (Wildman–Crippen LogP) is 0.295. The van der Waals surface area contributed by atoms with Gasteiger partial charge in [-0.25, -0.2) is 0 Å². The summed E-state index contributed by atoms with van der Waals surface area (Å²) < 4.78 is 5.28. The molecule has 106 valence electrons. The summed E-state index contributed by atoms with van der Waals surface area (Å²) in [7, 11) is 4.09. The van der Waals surface area contributed by atoms with E-state index in [2.05, 4.69) is 4.90 Å². The first-order valence-corrected chi connectivity index (χ1v) is 6.80. The SMILES string of the molecule is CCN(CCCN(C)C)C(=O)C1(N)CCOCC1. The van der Waals surface area contributed by atoms with Crippen molar-refractivity contribution < 1.29 is 9.53 Å². The third-order valence-electron chi connectivity index (χ3n) is 3.51. The van der Waals surface area contributed by atoms with Crippen LogP contribution in [-0.2, 0) is 9.53 Å². The van der Waals surface area contributed by atoms with Gasteiger partial charge in [0.15, 0.2) is 0 Å². The zero-order chi connectivity index (χ0) is 13.6. The third-order valence-corrected chi connectivity index (χ3v) is 3.51. The molecule has 1 amide bonds. The molecule has 0 spiro atoms. The number of ether oxygens (including phenoxy) is 1. The van der Waals surface area contributed by atoms with Crippen LogP contribution < -0.4 is 5.73 Å². The summed E-state index contributed by atoms with van der Waals surface area (Å²) in [6, 6.07) is 0. The van der Waals surface area contributed by atoms with Crippen molar-refractivity contribution >= 4 is 5.91 Å². The van der Waals surface area contributed by atoms with E-state index in [0.29, 0.717) is 26.1 Å². The molecule has 0 unspecified atom stereocenters. The first-order chi connectivity index (χ1) is 8.49. The van der Waals surface area contributed by atoms with Gasteiger partial charge in [-0.05, 0) is 46.8 Å². The highest BCUT2D eigenvalue weighted by Crippen LogP contribution is 2.20. The molecule has 5 heteroatoms. The predicted molar refractivity (Wildman–Crippen MR) is 72.4 cm³/mol. The highest BCUT2D eigenvalue weighted by atomic mass is 16.5. The Balaban J connectivity index is 2.49. The van der Waals surface area contributed by atoms with E-state index in [0.717, 1.165) is 26.1 Å². The number of likely N-dealkylation sites (N-methyl/N-ethyl adjacent to an activating group) is 1. The van der Waals surface area contributed by atoms with Gasteiger partial charge in [-0.15, -0.1) is 0 Å². The molecule has 2 N–H and O–H groups in total. The Labute approximate surface area is 110 Å². The molecule has 0 aromatic rings. The fourth-order valence-corrected chi connectivity index (χ4v) is 2.25. The third kappa shape index (κ3) is 4.23. The van der Waals surface area contributed by atoms with Crippen LogP contribution in [-0.4, -0.2) is 68.2 Å². The van der Waals surface area contributed by atoms with Crippen LogP contribution in [0.15, 0.2) is 0 Å². The van der Waals surface area contributed by atoms with Gasteiger partial charge in [0.2, 0.25) is 5.91 Å². The number of nitrogens with two attached hydrogens (primary N) is 1. The number of hydrogen-bond acceptors (Lipinski definition) is 4. The lowest BCUT2D eigenvalue weighted by Crippen LogP contribution is -2.58. The van der Waals surface area contributed by atoms with Crippen molar-refractivity contribution in [2.45, 2.75) is 31.7 Å². The van der Waals surface area contributed by atoms with E-state index in [-0.39, 0.29) is 5.91 Å². The van der Waals surface area contributed by atoms with E-state index in [9.17, 15) is 4.79 Å². The first kappa shape index (κ1) is 15.4. The molecule has 0 aliphatic carbocycles. The smallest absolute Gasteiger partial charge is 0.242 e. The van der Waals surface area contributed by atoms with Gasteiger partial charge in [-0.1, -0.05) is 0 Å². The second-order valence-corrected chi connectivity index (χ2v) is 5.31. The van der Waals surface area contributed by atoms with E-state index < -0.39 is 5.54 Å². The maximum atomic E-state index is 12.5. The second kappa shape index (κ2) is 7.07. The molecule has 0 bridgehead atoms. The molecule has 0 atom stereocenters. The monoisotopic (exact) mass is 257 g/mol. The number of amides is 1. The number of carbonyl (C=O) groups excluding carboxylic acids is 1. The van der Waals surface area contributed by atoms with Crippen LogP contribution in [0.3, 0.4) is 0 Å². The Morgan fingerprint density at radius 1 is 1.28 bits per heavy atom. The highest BCUT2D eigenvalue weighted by molar-refractivity contribution is 5.86. The van der Waals surface area contributed by atoms with E-state index in [1.165, 1.54) is 0 Å². The van der Waals surface area contributed by atoms with Crippen LogP contribution in [0.5, 0.6) is 0 Å². The molecule has 0 saturated carbocycles. The molecule has 1 saturated heterocycles. The van der Waals surface area contributed by atoms with Crippen LogP contribution in [0.2, 0.25) is 0 Å². The van der Waals surface area contributed by atoms with Gasteiger partial charge in [0.1, 0.15) is 0 Å². The lowest BCUT2D eigenvalue weighted by atomic mass is 9.89. The number of rotatable bonds is 6. The Morgan fingerprint density at radius 2 is 1.89 bits per heavy atom. The van der Waals surface area contributed by atoms with Crippen molar-refractivity contribution in [3.63, 3.8) is 0 Å². The maximum Gasteiger partial charge on any atom is 0.242 e. The molecule has 0 radical (unpaired) electrons. The van der Waals surface area contributed by atoms with Crippen molar-refractivity contribution in [1.29, 1.82) is 0 Å². The van der Waals surface area contributed by atoms with Crippen molar-refractivity contribution in [2.24, 2.45) is 5.73 Å². The van der Waals surface area contributed by atoms with E-state index >= 15 is 0 Å². The molecule has 5 nitrogen and oxygen atoms in total. The lowest BCUT2D eigenvalue weighted by molar-refractivity contribution is -0.140. The average Bonchev–Trinajstić information content (AvgIpc) is 2.34. The van der Waals surface area contributed by atoms with E-state index in [1.807, 2.05) is 25.9 Å². The summed E-state index contributed by atoms with van der Waals surface area (Å²) in [6.07, 6.45) is 2.26. The second-order valence-electron chi connectivity index (χ2n) is 5.31. The van der Waals surface area contributed by atoms with Crippen molar-refractivity contribution in [3.05, 3.63) is 0 Å². The molecule has 1 aliphatic heterocycles. The summed E-state index contributed by atoms with van der Waals surface area (Å²) in [5.74, 6) is 0.0899. The minimum absolute atomic E-state index is 0.0899. The van der Waals surface area contributed by atoms with E-state index in [4.69, 9.17) is 10.5 Å². The zero-order valence-corrected chi connectivity index (χ0v) is 11.9. The fraction of sp³-hybridized carbons (Fsp3) is 0.923. The summed E-state index contributed by atoms with van der Waals surface area (Å²) in [5, 5.41) is 0. The van der Waals surface area contributed by atoms with Crippen molar-refractivity contribution in [1.82, 2.24) is 9.80 Å². The minimum atomic E-state index is -0.702. The van der Waals surface area contributed by atoms with Crippen LogP contribution in [0.1, 0.15) is 26.2 Å². The molecule has 1 heterocycles. The average molecular weight is 257 g/mol. The molecule has 1 aliphatic rings. The van der Waals surface area contributed by atoms with E-state index in [1.54, 1.807) is 0 Å². The quantitative estimate of drug-likeness (QED) is 0.743. The number of carbonyl (C=O) groups is 1. The number of nitrogens with zero attached hydrogens (tertiary/aromatic N) is 2. The molecule has 0 aromatic carbocycles. The molecule has 0 aromatic heterocycles. The van der Waals surface area contributed by atoms with Crippen LogP contribution in [0.4, 0.5) is 0 Å². The zero-order valence-electron chi connectivity index (χ0n) is 11.9. The Hall–Kier alpha value is -0.650. The summed E-state index contributed by atoms with van der Waals surface area (Å²) in [6.45, 7) is 5.70. The standard InChI is InChI=1S/C13H27N3O2/c1-4-16(9-5-8-15(2)3)12(17)13(14)6-10-18-11-7-13/h4-11,14H2,1-3H3. The fourth-order valence-electron chi connectivity index (χ4n) is 2.25. The lowest BCUT2D eigenvalue weighted by Gasteiger charge is -2.36. The van der Waals surface area contributed by atoms with Gasteiger partial charge in [-0.2, -0.15) is 0 Å².